The maximum atomic E-state index is 12.9. The predicted molar refractivity (Wildman–Crippen MR) is 97.8 cm³/mol. The molecule has 2 atom stereocenters. The standard InChI is InChI=1S/C19H26N2O3S/c1-2-11-20-25(23,24)18-9-5-8-16(13-18)19(22)21-12-10-15-6-3-4-7-17(15)14-21/h2,5,8-9,13,15,17,20H,1,3-4,6-7,10-12,14H2/t15-,17-/m1/s1. The van der Waals surface area contributed by atoms with Gasteiger partial charge in [-0.1, -0.05) is 31.4 Å². The molecule has 2 aliphatic rings. The maximum absolute atomic E-state index is 12.9. The first-order valence-electron chi connectivity index (χ1n) is 9.01. The Morgan fingerprint density at radius 3 is 2.76 bits per heavy atom. The molecule has 0 bridgehead atoms. The van der Waals surface area contributed by atoms with Gasteiger partial charge in [0.05, 0.1) is 4.90 Å². The highest BCUT2D eigenvalue weighted by Crippen LogP contribution is 2.36. The van der Waals surface area contributed by atoms with Gasteiger partial charge in [0.2, 0.25) is 10.0 Å². The van der Waals surface area contributed by atoms with E-state index in [2.05, 4.69) is 11.3 Å². The van der Waals surface area contributed by atoms with Crippen LogP contribution in [-0.4, -0.2) is 38.9 Å². The van der Waals surface area contributed by atoms with Gasteiger partial charge in [0.25, 0.3) is 5.91 Å². The summed E-state index contributed by atoms with van der Waals surface area (Å²) in [7, 11) is -3.62. The first kappa shape index (κ1) is 18.1. The number of hydrogen-bond acceptors (Lipinski definition) is 3. The summed E-state index contributed by atoms with van der Waals surface area (Å²) in [4.78, 5) is 14.9. The molecule has 0 spiro atoms. The number of likely N-dealkylation sites (tertiary alicyclic amines) is 1. The second-order valence-corrected chi connectivity index (χ2v) is 8.78. The molecule has 6 heteroatoms. The number of carbonyl (C=O) groups is 1. The molecule has 1 amide bonds. The van der Waals surface area contributed by atoms with Gasteiger partial charge in [-0.15, -0.1) is 6.58 Å². The summed E-state index contributed by atoms with van der Waals surface area (Å²) in [6.45, 7) is 5.24. The van der Waals surface area contributed by atoms with E-state index in [1.54, 1.807) is 12.1 Å². The van der Waals surface area contributed by atoms with E-state index < -0.39 is 10.0 Å². The summed E-state index contributed by atoms with van der Waals surface area (Å²) < 4.78 is 26.9. The number of sulfonamides is 1. The SMILES string of the molecule is C=CCNS(=O)(=O)c1cccc(C(=O)N2CC[C@H]3CCCC[C@@H]3C2)c1. The predicted octanol–water partition coefficient (Wildman–Crippen LogP) is 2.80. The quantitative estimate of drug-likeness (QED) is 0.819. The Balaban J connectivity index is 1.74. The summed E-state index contributed by atoms with van der Waals surface area (Å²) in [5.41, 5.74) is 0.440. The van der Waals surface area contributed by atoms with Crippen LogP contribution in [0.4, 0.5) is 0 Å². The molecular weight excluding hydrogens is 336 g/mol. The zero-order valence-electron chi connectivity index (χ0n) is 14.5. The molecule has 1 saturated heterocycles. The van der Waals surface area contributed by atoms with Crippen LogP contribution in [0.5, 0.6) is 0 Å². The van der Waals surface area contributed by atoms with E-state index in [-0.39, 0.29) is 17.3 Å². The number of rotatable bonds is 5. The Morgan fingerprint density at radius 1 is 1.24 bits per heavy atom. The van der Waals surface area contributed by atoms with E-state index >= 15 is 0 Å². The lowest BCUT2D eigenvalue weighted by atomic mass is 9.75. The Bertz CT molecular complexity index is 745. The van der Waals surface area contributed by atoms with Crippen molar-refractivity contribution in [2.24, 2.45) is 11.8 Å². The third kappa shape index (κ3) is 4.12. The second kappa shape index (κ2) is 7.70. The molecule has 1 aromatic carbocycles. The number of nitrogens with one attached hydrogen (secondary N) is 1. The average Bonchev–Trinajstić information content (AvgIpc) is 2.65. The third-order valence-corrected chi connectivity index (χ3v) is 6.81. The highest BCUT2D eigenvalue weighted by atomic mass is 32.2. The molecule has 0 aromatic heterocycles. The first-order valence-corrected chi connectivity index (χ1v) is 10.5. The lowest BCUT2D eigenvalue weighted by molar-refractivity contribution is 0.0520. The number of piperidine rings is 1. The molecule has 1 saturated carbocycles. The minimum Gasteiger partial charge on any atom is -0.338 e. The summed E-state index contributed by atoms with van der Waals surface area (Å²) in [5, 5.41) is 0. The van der Waals surface area contributed by atoms with Crippen LogP contribution in [0.15, 0.2) is 41.8 Å². The van der Waals surface area contributed by atoms with Crippen molar-refractivity contribution in [3.8, 4) is 0 Å². The lowest BCUT2D eigenvalue weighted by Crippen LogP contribution is -2.44. The van der Waals surface area contributed by atoms with Crippen molar-refractivity contribution < 1.29 is 13.2 Å². The van der Waals surface area contributed by atoms with E-state index in [1.807, 2.05) is 4.90 Å². The Labute approximate surface area is 150 Å². The Kier molecular flexibility index (Phi) is 5.59. The Hall–Kier alpha value is -1.66. The Morgan fingerprint density at radius 2 is 2.00 bits per heavy atom. The van der Waals surface area contributed by atoms with Crippen molar-refractivity contribution in [1.82, 2.24) is 9.62 Å². The fraction of sp³-hybridized carbons (Fsp3) is 0.526. The number of fused-ring (bicyclic) bond motifs is 1. The molecule has 5 nitrogen and oxygen atoms in total. The first-order chi connectivity index (χ1) is 12.0. The summed E-state index contributed by atoms with van der Waals surface area (Å²) >= 11 is 0. The molecule has 1 N–H and O–H groups in total. The van der Waals surface area contributed by atoms with Gasteiger partial charge in [-0.05, 0) is 42.9 Å². The van der Waals surface area contributed by atoms with Gasteiger partial charge >= 0.3 is 0 Å². The van der Waals surface area contributed by atoms with E-state index in [0.29, 0.717) is 11.5 Å². The average molecular weight is 362 g/mol. The second-order valence-electron chi connectivity index (χ2n) is 7.01. The zero-order valence-corrected chi connectivity index (χ0v) is 15.3. The minimum atomic E-state index is -3.62. The number of nitrogens with zero attached hydrogens (tertiary/aromatic N) is 1. The van der Waals surface area contributed by atoms with Crippen molar-refractivity contribution in [3.05, 3.63) is 42.5 Å². The third-order valence-electron chi connectivity index (χ3n) is 5.39. The smallest absolute Gasteiger partial charge is 0.253 e. The number of hydrogen-bond donors (Lipinski definition) is 1. The van der Waals surface area contributed by atoms with Gasteiger partial charge in [0.1, 0.15) is 0 Å². The lowest BCUT2D eigenvalue weighted by Gasteiger charge is -2.41. The van der Waals surface area contributed by atoms with Crippen LogP contribution in [0.25, 0.3) is 0 Å². The van der Waals surface area contributed by atoms with Crippen LogP contribution in [0.3, 0.4) is 0 Å². The molecule has 1 aliphatic carbocycles. The molecule has 0 unspecified atom stereocenters. The molecule has 1 aromatic rings. The number of amides is 1. The summed E-state index contributed by atoms with van der Waals surface area (Å²) in [5.74, 6) is 1.30. The van der Waals surface area contributed by atoms with Gasteiger partial charge in [0, 0.05) is 25.2 Å². The van der Waals surface area contributed by atoms with Crippen molar-refractivity contribution in [2.45, 2.75) is 37.0 Å². The fourth-order valence-corrected chi connectivity index (χ4v) is 5.06. The van der Waals surface area contributed by atoms with Crippen molar-refractivity contribution in [3.63, 3.8) is 0 Å². The van der Waals surface area contributed by atoms with Crippen LogP contribution in [0.2, 0.25) is 0 Å². The van der Waals surface area contributed by atoms with Crippen molar-refractivity contribution in [2.75, 3.05) is 19.6 Å². The van der Waals surface area contributed by atoms with E-state index in [0.717, 1.165) is 25.4 Å². The van der Waals surface area contributed by atoms with Crippen LogP contribution < -0.4 is 4.72 Å². The minimum absolute atomic E-state index is 0.0650. The van der Waals surface area contributed by atoms with Gasteiger partial charge in [-0.25, -0.2) is 13.1 Å². The fourth-order valence-electron chi connectivity index (χ4n) is 4.02. The zero-order chi connectivity index (χ0) is 17.9. The van der Waals surface area contributed by atoms with Gasteiger partial charge in [-0.2, -0.15) is 0 Å². The summed E-state index contributed by atoms with van der Waals surface area (Å²) in [6, 6.07) is 6.31. The van der Waals surface area contributed by atoms with E-state index in [4.69, 9.17) is 0 Å². The van der Waals surface area contributed by atoms with Crippen molar-refractivity contribution >= 4 is 15.9 Å². The molecule has 25 heavy (non-hydrogen) atoms. The van der Waals surface area contributed by atoms with Gasteiger partial charge < -0.3 is 4.90 Å². The largest absolute Gasteiger partial charge is 0.338 e. The highest BCUT2D eigenvalue weighted by molar-refractivity contribution is 7.89. The molecule has 3 rings (SSSR count). The maximum Gasteiger partial charge on any atom is 0.253 e. The topological polar surface area (TPSA) is 66.5 Å². The molecular formula is C19H26N2O3S. The van der Waals surface area contributed by atoms with E-state index in [1.165, 1.54) is 43.9 Å². The van der Waals surface area contributed by atoms with Crippen LogP contribution in [0, 0.1) is 11.8 Å². The van der Waals surface area contributed by atoms with Gasteiger partial charge in [-0.3, -0.25) is 4.79 Å². The van der Waals surface area contributed by atoms with Crippen LogP contribution in [-0.2, 0) is 10.0 Å². The number of benzene rings is 1. The van der Waals surface area contributed by atoms with Crippen molar-refractivity contribution in [1.29, 1.82) is 0 Å². The number of carbonyl (C=O) groups excluding carboxylic acids is 1. The molecule has 136 valence electrons. The monoisotopic (exact) mass is 362 g/mol. The molecule has 0 radical (unpaired) electrons. The summed E-state index contributed by atoms with van der Waals surface area (Å²) in [6.07, 6.45) is 7.61. The molecule has 1 heterocycles. The highest BCUT2D eigenvalue weighted by Gasteiger charge is 2.33. The van der Waals surface area contributed by atoms with Crippen LogP contribution >= 0.6 is 0 Å². The molecule has 1 aliphatic heterocycles. The van der Waals surface area contributed by atoms with Crippen LogP contribution in [0.1, 0.15) is 42.5 Å². The normalized spacial score (nSPS) is 23.8. The van der Waals surface area contributed by atoms with Gasteiger partial charge in [0.15, 0.2) is 0 Å². The van der Waals surface area contributed by atoms with E-state index in [9.17, 15) is 13.2 Å². The molecule has 2 fully saturated rings.